The van der Waals surface area contributed by atoms with Crippen molar-refractivity contribution in [3.8, 4) is 0 Å². The third-order valence-corrected chi connectivity index (χ3v) is 5.71. The van der Waals surface area contributed by atoms with Gasteiger partial charge in [-0.25, -0.2) is 0 Å². The van der Waals surface area contributed by atoms with Crippen LogP contribution in [0.4, 0.5) is 0 Å². The normalized spacial score (nSPS) is 22.3. The van der Waals surface area contributed by atoms with E-state index in [2.05, 4.69) is 6.07 Å². The van der Waals surface area contributed by atoms with Gasteiger partial charge >= 0.3 is 0 Å². The first-order chi connectivity index (χ1) is 14.3. The third-order valence-electron chi connectivity index (χ3n) is 5.71. The van der Waals surface area contributed by atoms with E-state index >= 15 is 0 Å². The third kappa shape index (κ3) is 3.77. The minimum Gasteiger partial charge on any atom is -0.372 e. The predicted molar refractivity (Wildman–Crippen MR) is 116 cm³/mol. The Kier molecular flexibility index (Phi) is 5.48. The van der Waals surface area contributed by atoms with Crippen molar-refractivity contribution in [2.75, 3.05) is 13.1 Å². The molecule has 5 heteroatoms. The van der Waals surface area contributed by atoms with E-state index in [-0.39, 0.29) is 30.6 Å². The predicted octanol–water partition coefficient (Wildman–Crippen LogP) is 3.69. The molecule has 2 aromatic rings. The summed E-state index contributed by atoms with van der Waals surface area (Å²) in [6.07, 6.45) is -0.0135. The highest BCUT2D eigenvalue weighted by Gasteiger charge is 2.43. The Labute approximate surface area is 177 Å². The summed E-state index contributed by atoms with van der Waals surface area (Å²) in [5, 5.41) is 0. The second kappa shape index (κ2) is 8.07. The van der Waals surface area contributed by atoms with Crippen molar-refractivity contribution in [2.24, 2.45) is 0 Å². The standard InChI is InChI=1S/C25H28N2O3/c1-16-10-11-21(17(2)12-16)22-23(26-13-18(3)30-19(4)14-26)25(29)27(24(22)28)15-20-8-6-5-7-9-20/h5-12,18-19H,13-15H2,1-4H3. The van der Waals surface area contributed by atoms with Crippen LogP contribution in [0.15, 0.2) is 54.2 Å². The summed E-state index contributed by atoms with van der Waals surface area (Å²) in [7, 11) is 0. The van der Waals surface area contributed by atoms with E-state index in [9.17, 15) is 9.59 Å². The first-order valence-electron chi connectivity index (χ1n) is 10.5. The van der Waals surface area contributed by atoms with E-state index in [1.54, 1.807) is 0 Å². The molecule has 5 nitrogen and oxygen atoms in total. The largest absolute Gasteiger partial charge is 0.372 e. The van der Waals surface area contributed by atoms with Crippen LogP contribution >= 0.6 is 0 Å². The van der Waals surface area contributed by atoms with Gasteiger partial charge in [-0.15, -0.1) is 0 Å². The van der Waals surface area contributed by atoms with Gasteiger partial charge in [-0.3, -0.25) is 14.5 Å². The van der Waals surface area contributed by atoms with Gasteiger partial charge in [0.1, 0.15) is 5.70 Å². The van der Waals surface area contributed by atoms with Crippen LogP contribution in [0.3, 0.4) is 0 Å². The first-order valence-corrected chi connectivity index (χ1v) is 10.5. The van der Waals surface area contributed by atoms with Crippen molar-refractivity contribution in [3.05, 3.63) is 76.5 Å². The smallest absolute Gasteiger partial charge is 0.278 e. The summed E-state index contributed by atoms with van der Waals surface area (Å²) in [4.78, 5) is 30.5. The number of hydrogen-bond acceptors (Lipinski definition) is 4. The number of benzene rings is 2. The summed E-state index contributed by atoms with van der Waals surface area (Å²) >= 11 is 0. The zero-order valence-electron chi connectivity index (χ0n) is 18.0. The molecule has 4 rings (SSSR count). The molecule has 0 N–H and O–H groups in total. The molecule has 2 aliphatic rings. The molecule has 2 heterocycles. The first kappa shape index (κ1) is 20.4. The van der Waals surface area contributed by atoms with Gasteiger partial charge in [-0.05, 0) is 44.4 Å². The highest BCUT2D eigenvalue weighted by molar-refractivity contribution is 6.35. The van der Waals surface area contributed by atoms with Gasteiger partial charge in [-0.2, -0.15) is 0 Å². The summed E-state index contributed by atoms with van der Waals surface area (Å²) in [6, 6.07) is 15.7. The fraction of sp³-hybridized carbons (Fsp3) is 0.360. The molecule has 1 saturated heterocycles. The zero-order valence-corrected chi connectivity index (χ0v) is 18.0. The maximum Gasteiger partial charge on any atom is 0.278 e. The lowest BCUT2D eigenvalue weighted by molar-refractivity contribution is -0.139. The molecule has 0 aromatic heterocycles. The number of imide groups is 1. The quantitative estimate of drug-likeness (QED) is 0.730. The summed E-state index contributed by atoms with van der Waals surface area (Å²) in [6.45, 7) is 9.48. The molecule has 2 unspecified atom stereocenters. The van der Waals surface area contributed by atoms with E-state index in [0.29, 0.717) is 24.4 Å². The maximum atomic E-state index is 13.6. The van der Waals surface area contributed by atoms with Crippen LogP contribution in [0.25, 0.3) is 5.57 Å². The monoisotopic (exact) mass is 404 g/mol. The van der Waals surface area contributed by atoms with Gasteiger partial charge in [0.25, 0.3) is 11.8 Å². The molecule has 0 bridgehead atoms. The molecule has 1 fully saturated rings. The summed E-state index contributed by atoms with van der Waals surface area (Å²) in [5.74, 6) is -0.447. The van der Waals surface area contributed by atoms with Crippen molar-refractivity contribution >= 4 is 17.4 Å². The Hall–Kier alpha value is -2.92. The summed E-state index contributed by atoms with van der Waals surface area (Å²) in [5.41, 5.74) is 4.91. The molecule has 2 amide bonds. The number of carbonyl (C=O) groups excluding carboxylic acids is 2. The average Bonchev–Trinajstić information content (AvgIpc) is 2.93. The minimum atomic E-state index is -0.224. The summed E-state index contributed by atoms with van der Waals surface area (Å²) < 4.78 is 5.87. The van der Waals surface area contributed by atoms with Crippen LogP contribution in [-0.4, -0.2) is 46.9 Å². The van der Waals surface area contributed by atoms with Crippen molar-refractivity contribution in [3.63, 3.8) is 0 Å². The molecule has 0 spiro atoms. The average molecular weight is 405 g/mol. The van der Waals surface area contributed by atoms with E-state index in [0.717, 1.165) is 22.3 Å². The van der Waals surface area contributed by atoms with Crippen molar-refractivity contribution < 1.29 is 14.3 Å². The fourth-order valence-electron chi connectivity index (χ4n) is 4.46. The molecule has 2 aromatic carbocycles. The van der Waals surface area contributed by atoms with Gasteiger partial charge in [-0.1, -0.05) is 54.1 Å². The van der Waals surface area contributed by atoms with Gasteiger partial charge in [0.15, 0.2) is 0 Å². The van der Waals surface area contributed by atoms with Gasteiger partial charge in [0, 0.05) is 13.1 Å². The zero-order chi connectivity index (χ0) is 21.4. The molecule has 30 heavy (non-hydrogen) atoms. The van der Waals surface area contributed by atoms with Crippen molar-refractivity contribution in [2.45, 2.75) is 46.4 Å². The van der Waals surface area contributed by atoms with Gasteiger partial charge < -0.3 is 9.64 Å². The molecule has 0 radical (unpaired) electrons. The molecule has 156 valence electrons. The second-order valence-corrected chi connectivity index (χ2v) is 8.39. The van der Waals surface area contributed by atoms with Gasteiger partial charge in [0.2, 0.25) is 0 Å². The van der Waals surface area contributed by atoms with Crippen molar-refractivity contribution in [1.82, 2.24) is 9.80 Å². The van der Waals surface area contributed by atoms with E-state index in [1.165, 1.54) is 4.90 Å². The molecular weight excluding hydrogens is 376 g/mol. The lowest BCUT2D eigenvalue weighted by Crippen LogP contribution is -2.46. The molecular formula is C25H28N2O3. The second-order valence-electron chi connectivity index (χ2n) is 8.39. The number of nitrogens with zero attached hydrogens (tertiary/aromatic N) is 2. The Bertz CT molecular complexity index is 1000. The van der Waals surface area contributed by atoms with Crippen LogP contribution in [-0.2, 0) is 20.9 Å². The Balaban J connectivity index is 1.79. The number of rotatable bonds is 4. The van der Waals surface area contributed by atoms with Crippen molar-refractivity contribution in [1.29, 1.82) is 0 Å². The molecule has 2 atom stereocenters. The Morgan fingerprint density at radius 3 is 2.23 bits per heavy atom. The number of carbonyl (C=O) groups is 2. The van der Waals surface area contributed by atoms with Crippen LogP contribution in [0.5, 0.6) is 0 Å². The fourth-order valence-corrected chi connectivity index (χ4v) is 4.46. The maximum absolute atomic E-state index is 13.6. The van der Waals surface area contributed by atoms with Crippen LogP contribution in [0.2, 0.25) is 0 Å². The highest BCUT2D eigenvalue weighted by atomic mass is 16.5. The lowest BCUT2D eigenvalue weighted by atomic mass is 9.97. The number of morpholine rings is 1. The van der Waals surface area contributed by atoms with E-state index < -0.39 is 0 Å². The van der Waals surface area contributed by atoms with E-state index in [4.69, 9.17) is 4.74 Å². The Morgan fingerprint density at radius 1 is 0.933 bits per heavy atom. The SMILES string of the molecule is Cc1ccc(C2=C(N3CC(C)OC(C)C3)C(=O)N(Cc3ccccc3)C2=O)c(C)c1. The van der Waals surface area contributed by atoms with Gasteiger partial charge in [0.05, 0.1) is 24.3 Å². The number of ether oxygens (including phenoxy) is 1. The van der Waals surface area contributed by atoms with Crippen LogP contribution < -0.4 is 0 Å². The molecule has 2 aliphatic heterocycles. The number of aryl methyl sites for hydroxylation is 2. The lowest BCUT2D eigenvalue weighted by Gasteiger charge is -2.37. The topological polar surface area (TPSA) is 49.9 Å². The highest BCUT2D eigenvalue weighted by Crippen LogP contribution is 2.35. The molecule has 0 saturated carbocycles. The Morgan fingerprint density at radius 2 is 1.60 bits per heavy atom. The number of hydrogen-bond donors (Lipinski definition) is 0. The minimum absolute atomic E-state index is 0.00677. The molecule has 0 aliphatic carbocycles. The van der Waals surface area contributed by atoms with E-state index in [1.807, 2.05) is 75.1 Å². The number of amides is 2. The van der Waals surface area contributed by atoms with Crippen LogP contribution in [0.1, 0.15) is 36.1 Å². The van der Waals surface area contributed by atoms with Crippen LogP contribution in [0, 0.1) is 13.8 Å².